The zero-order chi connectivity index (χ0) is 11.5. The molecule has 0 unspecified atom stereocenters. The lowest BCUT2D eigenvalue weighted by Gasteiger charge is -2.04. The normalized spacial score (nSPS) is 10.4. The summed E-state index contributed by atoms with van der Waals surface area (Å²) < 4.78 is 1.94. The molecule has 0 fully saturated rings. The van der Waals surface area contributed by atoms with Crippen LogP contribution < -0.4 is 0 Å². The number of nitrogens with zero attached hydrogens (tertiary/aromatic N) is 2. The average Bonchev–Trinajstić information content (AvgIpc) is 2.70. The van der Waals surface area contributed by atoms with Gasteiger partial charge in [-0.3, -0.25) is 9.48 Å². The number of hydrogen-bond donors (Lipinski definition) is 0. The summed E-state index contributed by atoms with van der Waals surface area (Å²) in [5.41, 5.74) is 3.78. The van der Waals surface area contributed by atoms with Crippen LogP contribution in [0.4, 0.5) is 0 Å². The molecule has 1 aromatic heterocycles. The zero-order valence-electron chi connectivity index (χ0n) is 9.47. The predicted molar refractivity (Wildman–Crippen MR) is 63.5 cm³/mol. The van der Waals surface area contributed by atoms with Crippen molar-refractivity contribution in [3.05, 3.63) is 41.6 Å². The highest BCUT2D eigenvalue weighted by Crippen LogP contribution is 2.21. The molecule has 0 aliphatic carbocycles. The monoisotopic (exact) mass is 214 g/mol. The molecule has 0 bridgehead atoms. The van der Waals surface area contributed by atoms with Crippen LogP contribution in [-0.2, 0) is 6.54 Å². The van der Waals surface area contributed by atoms with E-state index in [1.54, 1.807) is 6.07 Å². The topological polar surface area (TPSA) is 34.9 Å². The summed E-state index contributed by atoms with van der Waals surface area (Å²) in [6.45, 7) is 4.85. The van der Waals surface area contributed by atoms with E-state index in [0.29, 0.717) is 5.56 Å². The molecule has 3 heteroatoms. The highest BCUT2D eigenvalue weighted by Gasteiger charge is 2.06. The second-order valence-corrected chi connectivity index (χ2v) is 3.73. The van der Waals surface area contributed by atoms with E-state index in [-0.39, 0.29) is 0 Å². The maximum atomic E-state index is 10.7. The molecule has 1 aromatic carbocycles. The highest BCUT2D eigenvalue weighted by atomic mass is 16.1. The first kappa shape index (κ1) is 10.6. The Labute approximate surface area is 94.7 Å². The largest absolute Gasteiger partial charge is 0.298 e. The van der Waals surface area contributed by atoms with Crippen molar-refractivity contribution >= 4 is 6.29 Å². The van der Waals surface area contributed by atoms with Crippen molar-refractivity contribution in [2.24, 2.45) is 0 Å². The fraction of sp³-hybridized carbons (Fsp3) is 0.231. The van der Waals surface area contributed by atoms with E-state index in [4.69, 9.17) is 0 Å². The van der Waals surface area contributed by atoms with Crippen LogP contribution in [0.2, 0.25) is 0 Å². The number of hydrogen-bond acceptors (Lipinski definition) is 2. The summed E-state index contributed by atoms with van der Waals surface area (Å²) in [4.78, 5) is 10.7. The summed E-state index contributed by atoms with van der Waals surface area (Å²) in [5.74, 6) is 0. The summed E-state index contributed by atoms with van der Waals surface area (Å²) in [7, 11) is 0. The minimum atomic E-state index is 0.694. The number of rotatable bonds is 3. The number of aromatic nitrogens is 2. The smallest absolute Gasteiger partial charge is 0.150 e. The third-order valence-electron chi connectivity index (χ3n) is 2.52. The molecule has 0 spiro atoms. The van der Waals surface area contributed by atoms with E-state index in [1.807, 2.05) is 35.9 Å². The third kappa shape index (κ3) is 1.89. The van der Waals surface area contributed by atoms with Crippen molar-refractivity contribution in [3.63, 3.8) is 0 Å². The number of aldehydes is 1. The first-order valence-corrected chi connectivity index (χ1v) is 5.34. The maximum absolute atomic E-state index is 10.7. The molecule has 2 aromatic rings. The molecule has 0 saturated heterocycles. The summed E-state index contributed by atoms with van der Waals surface area (Å²) in [6.07, 6.45) is 0.864. The molecule has 82 valence electrons. The van der Waals surface area contributed by atoms with E-state index >= 15 is 0 Å². The standard InChI is InChI=1S/C13H14N2O/c1-3-15-13(7-10(2)14-15)12-6-4-5-11(8-12)9-16/h4-9H,3H2,1-2H3. The fourth-order valence-corrected chi connectivity index (χ4v) is 1.79. The Morgan fingerprint density at radius 1 is 1.38 bits per heavy atom. The zero-order valence-corrected chi connectivity index (χ0v) is 9.47. The summed E-state index contributed by atoms with van der Waals surface area (Å²) >= 11 is 0. The van der Waals surface area contributed by atoms with Gasteiger partial charge in [-0.05, 0) is 26.0 Å². The third-order valence-corrected chi connectivity index (χ3v) is 2.52. The summed E-state index contributed by atoms with van der Waals surface area (Å²) in [5, 5.41) is 4.39. The molecule has 0 atom stereocenters. The molecule has 0 saturated carbocycles. The van der Waals surface area contributed by atoms with Gasteiger partial charge in [-0.25, -0.2) is 0 Å². The van der Waals surface area contributed by atoms with Crippen molar-refractivity contribution in [1.82, 2.24) is 9.78 Å². The Morgan fingerprint density at radius 2 is 2.19 bits per heavy atom. The molecule has 16 heavy (non-hydrogen) atoms. The predicted octanol–water partition coefficient (Wildman–Crippen LogP) is 2.69. The Bertz CT molecular complexity index is 514. The molecule has 3 nitrogen and oxygen atoms in total. The van der Waals surface area contributed by atoms with Crippen LogP contribution in [0.25, 0.3) is 11.3 Å². The van der Waals surface area contributed by atoms with Crippen LogP contribution in [-0.4, -0.2) is 16.1 Å². The van der Waals surface area contributed by atoms with Gasteiger partial charge in [0.05, 0.1) is 11.4 Å². The minimum Gasteiger partial charge on any atom is -0.298 e. The van der Waals surface area contributed by atoms with Gasteiger partial charge in [0.25, 0.3) is 0 Å². The molecule has 0 N–H and O–H groups in total. The van der Waals surface area contributed by atoms with Crippen LogP contribution in [0.5, 0.6) is 0 Å². The quantitative estimate of drug-likeness (QED) is 0.736. The van der Waals surface area contributed by atoms with Crippen LogP contribution in [0.3, 0.4) is 0 Å². The van der Waals surface area contributed by atoms with Gasteiger partial charge >= 0.3 is 0 Å². The van der Waals surface area contributed by atoms with E-state index in [2.05, 4.69) is 12.0 Å². The number of benzene rings is 1. The van der Waals surface area contributed by atoms with Gasteiger partial charge in [-0.15, -0.1) is 0 Å². The molecule has 0 amide bonds. The van der Waals surface area contributed by atoms with E-state index in [0.717, 1.165) is 29.8 Å². The van der Waals surface area contributed by atoms with Crippen LogP contribution in [0.15, 0.2) is 30.3 Å². The highest BCUT2D eigenvalue weighted by molar-refractivity contribution is 5.78. The second kappa shape index (κ2) is 4.31. The van der Waals surface area contributed by atoms with Crippen molar-refractivity contribution in [2.75, 3.05) is 0 Å². The SMILES string of the molecule is CCn1nc(C)cc1-c1cccc(C=O)c1. The first-order valence-electron chi connectivity index (χ1n) is 5.34. The number of carbonyl (C=O) groups excluding carboxylic acids is 1. The van der Waals surface area contributed by atoms with Crippen LogP contribution >= 0.6 is 0 Å². The van der Waals surface area contributed by atoms with Crippen LogP contribution in [0, 0.1) is 6.92 Å². The van der Waals surface area contributed by atoms with Crippen molar-refractivity contribution < 1.29 is 4.79 Å². The number of aryl methyl sites for hydroxylation is 2. The van der Waals surface area contributed by atoms with Gasteiger partial charge in [0, 0.05) is 17.7 Å². The van der Waals surface area contributed by atoms with Gasteiger partial charge in [-0.2, -0.15) is 5.10 Å². The van der Waals surface area contributed by atoms with E-state index < -0.39 is 0 Å². The molecule has 0 aliphatic rings. The minimum absolute atomic E-state index is 0.694. The fourth-order valence-electron chi connectivity index (χ4n) is 1.79. The molecular formula is C13H14N2O. The molecule has 0 radical (unpaired) electrons. The second-order valence-electron chi connectivity index (χ2n) is 3.73. The van der Waals surface area contributed by atoms with Gasteiger partial charge < -0.3 is 0 Å². The van der Waals surface area contributed by atoms with Gasteiger partial charge in [-0.1, -0.05) is 18.2 Å². The molecule has 1 heterocycles. The van der Waals surface area contributed by atoms with E-state index in [1.165, 1.54) is 0 Å². The molecule has 2 rings (SSSR count). The lowest BCUT2D eigenvalue weighted by atomic mass is 10.1. The lowest BCUT2D eigenvalue weighted by molar-refractivity contribution is 0.112. The Hall–Kier alpha value is -1.90. The van der Waals surface area contributed by atoms with Gasteiger partial charge in [0.15, 0.2) is 0 Å². The Morgan fingerprint density at radius 3 is 2.88 bits per heavy atom. The van der Waals surface area contributed by atoms with Crippen LogP contribution in [0.1, 0.15) is 23.0 Å². The molecular weight excluding hydrogens is 200 g/mol. The number of carbonyl (C=O) groups is 1. The van der Waals surface area contributed by atoms with Crippen molar-refractivity contribution in [3.8, 4) is 11.3 Å². The van der Waals surface area contributed by atoms with E-state index in [9.17, 15) is 4.79 Å². The maximum Gasteiger partial charge on any atom is 0.150 e. The van der Waals surface area contributed by atoms with Crippen molar-refractivity contribution in [2.45, 2.75) is 20.4 Å². The van der Waals surface area contributed by atoms with Gasteiger partial charge in [0.1, 0.15) is 6.29 Å². The Balaban J connectivity index is 2.52. The lowest BCUT2D eigenvalue weighted by Crippen LogP contribution is -1.99. The Kier molecular flexibility index (Phi) is 2.86. The van der Waals surface area contributed by atoms with Crippen molar-refractivity contribution in [1.29, 1.82) is 0 Å². The average molecular weight is 214 g/mol. The first-order chi connectivity index (χ1) is 7.74. The van der Waals surface area contributed by atoms with Gasteiger partial charge in [0.2, 0.25) is 0 Å². The molecule has 0 aliphatic heterocycles. The summed E-state index contributed by atoms with van der Waals surface area (Å²) in [6, 6.07) is 9.61.